The van der Waals surface area contributed by atoms with Crippen molar-refractivity contribution in [3.05, 3.63) is 51.4 Å². The van der Waals surface area contributed by atoms with Crippen molar-refractivity contribution in [2.75, 3.05) is 11.9 Å². The Morgan fingerprint density at radius 3 is 2.55 bits per heavy atom. The van der Waals surface area contributed by atoms with E-state index >= 15 is 4.39 Å². The molecular weight excluding hydrogens is 468 g/mol. The van der Waals surface area contributed by atoms with Crippen LogP contribution in [-0.2, 0) is 15.0 Å². The van der Waals surface area contributed by atoms with Crippen LogP contribution in [-0.4, -0.2) is 35.1 Å². The Morgan fingerprint density at radius 1 is 1.18 bits per heavy atom. The summed E-state index contributed by atoms with van der Waals surface area (Å²) < 4.78 is 15.5. The van der Waals surface area contributed by atoms with Gasteiger partial charge in [0.25, 0.3) is 0 Å². The Hall–Kier alpha value is -2.09. The highest BCUT2D eigenvalue weighted by Gasteiger charge is 2.73. The van der Waals surface area contributed by atoms with Crippen molar-refractivity contribution in [2.45, 2.75) is 56.5 Å². The van der Waals surface area contributed by atoms with Crippen LogP contribution >= 0.6 is 23.2 Å². The zero-order valence-electron chi connectivity index (χ0n) is 18.4. The number of carbonyl (C=O) groups is 2. The highest BCUT2D eigenvalue weighted by atomic mass is 35.5. The Morgan fingerprint density at radius 2 is 1.88 bits per heavy atom. The average molecular weight is 494 g/mol. The van der Waals surface area contributed by atoms with Crippen molar-refractivity contribution in [2.24, 2.45) is 11.3 Å². The van der Waals surface area contributed by atoms with E-state index in [9.17, 15) is 14.7 Å². The van der Waals surface area contributed by atoms with Gasteiger partial charge in [0.05, 0.1) is 0 Å². The minimum absolute atomic E-state index is 0.0608. The Bertz CT molecular complexity index is 1120. The number of dihydropyridines is 1. The lowest BCUT2D eigenvalue weighted by molar-refractivity contribution is -0.140. The molecule has 2 spiro atoms. The van der Waals surface area contributed by atoms with Gasteiger partial charge in [0.2, 0.25) is 5.91 Å². The van der Waals surface area contributed by atoms with E-state index in [2.05, 4.69) is 29.8 Å². The molecule has 0 bridgehead atoms. The van der Waals surface area contributed by atoms with E-state index in [1.54, 1.807) is 24.3 Å². The predicted octanol–water partition coefficient (Wildman–Crippen LogP) is 4.45. The van der Waals surface area contributed by atoms with Crippen molar-refractivity contribution in [3.63, 3.8) is 0 Å². The number of benzene rings is 1. The van der Waals surface area contributed by atoms with Crippen LogP contribution in [0, 0.1) is 11.3 Å². The maximum atomic E-state index is 15.5. The van der Waals surface area contributed by atoms with Crippen LogP contribution in [0.4, 0.5) is 10.1 Å². The highest BCUT2D eigenvalue weighted by Crippen LogP contribution is 2.63. The van der Waals surface area contributed by atoms with E-state index in [4.69, 9.17) is 23.2 Å². The van der Waals surface area contributed by atoms with Crippen LogP contribution in [0.15, 0.2) is 40.8 Å². The molecule has 1 saturated heterocycles. The third-order valence-electron chi connectivity index (χ3n) is 8.08. The second kappa shape index (κ2) is 7.45. The topological polar surface area (TPSA) is 90.5 Å². The van der Waals surface area contributed by atoms with E-state index in [1.165, 1.54) is 0 Å². The van der Waals surface area contributed by atoms with Crippen molar-refractivity contribution in [1.29, 1.82) is 0 Å². The summed E-state index contributed by atoms with van der Waals surface area (Å²) in [5.74, 6) is -3.16. The molecule has 1 aromatic rings. The summed E-state index contributed by atoms with van der Waals surface area (Å²) in [5.41, 5.74) is -0.785. The molecule has 1 unspecified atom stereocenters. The van der Waals surface area contributed by atoms with Gasteiger partial charge in [-0.25, -0.2) is 4.39 Å². The molecule has 3 heterocycles. The fraction of sp³-hybridized carbons (Fsp3) is 0.500. The van der Waals surface area contributed by atoms with E-state index in [1.807, 2.05) is 0 Å². The minimum Gasteiger partial charge on any atom is -0.480 e. The van der Waals surface area contributed by atoms with Crippen molar-refractivity contribution >= 4 is 40.8 Å². The number of nitrogens with one attached hydrogen (secondary N) is 3. The van der Waals surface area contributed by atoms with Crippen LogP contribution in [0.5, 0.6) is 0 Å². The first-order chi connectivity index (χ1) is 15.5. The van der Waals surface area contributed by atoms with Crippen molar-refractivity contribution in [1.82, 2.24) is 10.6 Å². The van der Waals surface area contributed by atoms with Gasteiger partial charge in [-0.2, -0.15) is 0 Å². The summed E-state index contributed by atoms with van der Waals surface area (Å²) in [6.07, 6.45) is 4.38. The number of rotatable bonds is 2. The van der Waals surface area contributed by atoms with Crippen LogP contribution in [0.25, 0.3) is 0 Å². The number of carboxylic acids is 1. The largest absolute Gasteiger partial charge is 0.480 e. The van der Waals surface area contributed by atoms with E-state index < -0.39 is 34.7 Å². The first-order valence-electron chi connectivity index (χ1n) is 11.1. The molecule has 1 saturated carbocycles. The minimum atomic E-state index is -1.33. The Kier molecular flexibility index (Phi) is 5.13. The molecule has 6 nitrogen and oxygen atoms in total. The lowest BCUT2D eigenvalue weighted by Gasteiger charge is -2.50. The Labute approximate surface area is 201 Å². The van der Waals surface area contributed by atoms with Crippen LogP contribution < -0.4 is 16.0 Å². The van der Waals surface area contributed by atoms with Crippen LogP contribution in [0.1, 0.15) is 45.1 Å². The second-order valence-corrected chi connectivity index (χ2v) is 11.1. The van der Waals surface area contributed by atoms with Gasteiger partial charge >= 0.3 is 5.97 Å². The number of carboxylic acid groups (broad SMARTS) is 1. The van der Waals surface area contributed by atoms with E-state index in [-0.39, 0.29) is 28.6 Å². The standard InChI is InChI=1S/C24H26Cl2FN3O3/c1-22(2)6-8-23(9-7-22)24(14-4-3-12(25)11-15(14)29-21(24)33)16(18(30-23)20(31)32)13-5-10-28-19(26)17(13)27/h3-5,11,16,18,28,30H,6-10H2,1-2H3,(H,29,33)(H,31,32)/t16?,18-,24-/m1/s1. The number of hydrogen-bond donors (Lipinski definition) is 4. The molecule has 0 radical (unpaired) electrons. The zero-order chi connectivity index (χ0) is 23.8. The molecule has 0 aromatic heterocycles. The molecule has 4 aliphatic rings. The van der Waals surface area contributed by atoms with Gasteiger partial charge in [-0.15, -0.1) is 0 Å². The SMILES string of the molecule is CC1(C)CCC2(CC1)N[C@@H](C(=O)O)C(C1=CCNC(Cl)=C1F)[C@]21C(=O)Nc2cc(Cl)ccc21. The van der Waals surface area contributed by atoms with Crippen LogP contribution in [0.3, 0.4) is 0 Å². The molecular formula is C24H26Cl2FN3O3. The lowest BCUT2D eigenvalue weighted by Crippen LogP contribution is -2.62. The van der Waals surface area contributed by atoms with Gasteiger partial charge in [-0.1, -0.05) is 49.2 Å². The molecule has 2 fully saturated rings. The van der Waals surface area contributed by atoms with Gasteiger partial charge in [0.1, 0.15) is 16.6 Å². The Balaban J connectivity index is 1.80. The molecule has 33 heavy (non-hydrogen) atoms. The predicted molar refractivity (Wildman–Crippen MR) is 125 cm³/mol. The number of hydrogen-bond acceptors (Lipinski definition) is 4. The van der Waals surface area contributed by atoms with Gasteiger partial charge in [-0.3, -0.25) is 14.9 Å². The maximum Gasteiger partial charge on any atom is 0.321 e. The van der Waals surface area contributed by atoms with Crippen molar-refractivity contribution in [3.8, 4) is 0 Å². The normalized spacial score (nSPS) is 31.9. The molecule has 1 aromatic carbocycles. The number of allylic oxidation sites excluding steroid dienone is 1. The summed E-state index contributed by atoms with van der Waals surface area (Å²) in [5, 5.41) is 19.6. The summed E-state index contributed by atoms with van der Waals surface area (Å²) in [6.45, 7) is 4.59. The smallest absolute Gasteiger partial charge is 0.321 e. The molecule has 3 aliphatic heterocycles. The molecule has 3 atom stereocenters. The van der Waals surface area contributed by atoms with Gasteiger partial charge in [0, 0.05) is 28.7 Å². The van der Waals surface area contributed by atoms with Gasteiger partial charge < -0.3 is 15.7 Å². The number of amides is 1. The molecule has 4 N–H and O–H groups in total. The van der Waals surface area contributed by atoms with Gasteiger partial charge in [-0.05, 0) is 54.4 Å². The second-order valence-electron chi connectivity index (χ2n) is 10.3. The maximum absolute atomic E-state index is 15.5. The lowest BCUT2D eigenvalue weighted by atomic mass is 9.53. The quantitative estimate of drug-likeness (QED) is 0.457. The number of anilines is 1. The summed E-state index contributed by atoms with van der Waals surface area (Å²) in [7, 11) is 0. The highest BCUT2D eigenvalue weighted by molar-refractivity contribution is 6.31. The first kappa shape index (κ1) is 22.7. The van der Waals surface area contributed by atoms with Crippen molar-refractivity contribution < 1.29 is 19.1 Å². The van der Waals surface area contributed by atoms with E-state index in [0.717, 1.165) is 12.8 Å². The van der Waals surface area contributed by atoms with E-state index in [0.29, 0.717) is 29.1 Å². The number of aliphatic carboxylic acids is 1. The first-order valence-corrected chi connectivity index (χ1v) is 11.9. The fourth-order valence-corrected chi connectivity index (χ4v) is 6.81. The molecule has 176 valence electrons. The number of fused-ring (bicyclic) bond motifs is 3. The molecule has 1 amide bonds. The third kappa shape index (κ3) is 3.08. The summed E-state index contributed by atoms with van der Waals surface area (Å²) >= 11 is 12.3. The third-order valence-corrected chi connectivity index (χ3v) is 8.62. The average Bonchev–Trinajstić information content (AvgIpc) is 3.20. The summed E-state index contributed by atoms with van der Waals surface area (Å²) in [4.78, 5) is 26.6. The molecule has 5 rings (SSSR count). The molecule has 1 aliphatic carbocycles. The molecule has 9 heteroatoms. The number of halogens is 3. The van der Waals surface area contributed by atoms with Crippen LogP contribution in [0.2, 0.25) is 5.02 Å². The zero-order valence-corrected chi connectivity index (χ0v) is 19.9. The fourth-order valence-electron chi connectivity index (χ4n) is 6.45. The summed E-state index contributed by atoms with van der Waals surface area (Å²) in [6, 6.07) is 3.98. The number of carbonyl (C=O) groups excluding carboxylic acids is 1. The monoisotopic (exact) mass is 493 g/mol. The van der Waals surface area contributed by atoms with Gasteiger partial charge in [0.15, 0.2) is 5.83 Å².